The summed E-state index contributed by atoms with van der Waals surface area (Å²) in [6, 6.07) is 5.37. The van der Waals surface area contributed by atoms with Crippen LogP contribution in [0.2, 0.25) is 10.0 Å². The van der Waals surface area contributed by atoms with E-state index in [9.17, 15) is 0 Å². The van der Waals surface area contributed by atoms with Gasteiger partial charge in [-0.1, -0.05) is 29.3 Å². The van der Waals surface area contributed by atoms with E-state index in [2.05, 4.69) is 40.5 Å². The number of rotatable bonds is 9. The molecule has 198 valence electrons. The number of anilines is 6. The van der Waals surface area contributed by atoms with E-state index < -0.39 is 0 Å². The van der Waals surface area contributed by atoms with Gasteiger partial charge in [0.05, 0.1) is 25.5 Å². The third-order valence-corrected chi connectivity index (χ3v) is 6.07. The Hall–Kier alpha value is -4.13. The van der Waals surface area contributed by atoms with Crippen LogP contribution in [-0.2, 0) is 6.54 Å². The lowest BCUT2D eigenvalue weighted by Gasteiger charge is -2.18. The molecule has 0 aliphatic heterocycles. The van der Waals surface area contributed by atoms with E-state index in [1.807, 2.05) is 26.2 Å². The van der Waals surface area contributed by atoms with Crippen molar-refractivity contribution >= 4 is 58.0 Å². The van der Waals surface area contributed by atoms with E-state index in [0.29, 0.717) is 34.4 Å². The molecule has 0 bridgehead atoms. The van der Waals surface area contributed by atoms with Crippen LogP contribution in [0.5, 0.6) is 11.5 Å². The molecule has 0 saturated heterocycles. The first kappa shape index (κ1) is 26.9. The van der Waals surface area contributed by atoms with Gasteiger partial charge in [0.15, 0.2) is 5.82 Å². The van der Waals surface area contributed by atoms with Crippen molar-refractivity contribution in [1.29, 1.82) is 0 Å². The minimum Gasteiger partial charge on any atom is -0.495 e. The topological polar surface area (TPSA) is 162 Å². The van der Waals surface area contributed by atoms with Gasteiger partial charge in [-0.3, -0.25) is 0 Å². The van der Waals surface area contributed by atoms with Crippen LogP contribution in [0.15, 0.2) is 36.9 Å². The Kier molecular flexibility index (Phi) is 8.15. The number of pyridine rings is 1. The number of halogens is 2. The number of benzene rings is 1. The summed E-state index contributed by atoms with van der Waals surface area (Å²) in [5.41, 5.74) is 14.8. The van der Waals surface area contributed by atoms with Crippen LogP contribution in [0.4, 0.5) is 34.8 Å². The maximum absolute atomic E-state index is 6.54. The largest absolute Gasteiger partial charge is 0.495 e. The quantitative estimate of drug-likeness (QED) is 0.230. The van der Waals surface area contributed by atoms with Crippen LogP contribution in [0.1, 0.15) is 5.56 Å². The van der Waals surface area contributed by atoms with Gasteiger partial charge in [-0.05, 0) is 25.7 Å². The SMILES string of the molecule is COc1cc(OC)c(Cl)c(Nc2ncncc2-c2nc(N)nc(Nc3ccc(CN(C)C)cn3)c2N)c1Cl. The molecular weight excluding hydrogens is 531 g/mol. The molecule has 0 radical (unpaired) electrons. The van der Waals surface area contributed by atoms with Gasteiger partial charge in [0, 0.05) is 25.0 Å². The zero-order valence-corrected chi connectivity index (χ0v) is 22.6. The zero-order valence-electron chi connectivity index (χ0n) is 21.1. The molecule has 0 saturated carbocycles. The van der Waals surface area contributed by atoms with E-state index >= 15 is 0 Å². The highest BCUT2D eigenvalue weighted by Crippen LogP contribution is 2.46. The van der Waals surface area contributed by atoms with E-state index in [1.165, 1.54) is 26.7 Å². The van der Waals surface area contributed by atoms with Crippen molar-refractivity contribution in [1.82, 2.24) is 29.8 Å². The minimum absolute atomic E-state index is 0.0187. The van der Waals surface area contributed by atoms with Gasteiger partial charge in [0.1, 0.15) is 50.9 Å². The Balaban J connectivity index is 1.73. The molecule has 12 nitrogen and oxygen atoms in total. The first-order valence-electron chi connectivity index (χ1n) is 11.2. The summed E-state index contributed by atoms with van der Waals surface area (Å²) in [5, 5.41) is 6.68. The number of ether oxygens (including phenoxy) is 2. The fourth-order valence-electron chi connectivity index (χ4n) is 3.58. The molecular formula is C24H26Cl2N10O2. The summed E-state index contributed by atoms with van der Waals surface area (Å²) >= 11 is 13.1. The fourth-order valence-corrected chi connectivity index (χ4v) is 4.18. The highest BCUT2D eigenvalue weighted by Gasteiger charge is 2.22. The Labute approximate surface area is 229 Å². The van der Waals surface area contributed by atoms with E-state index in [-0.39, 0.29) is 33.2 Å². The molecule has 14 heteroatoms. The molecule has 0 aliphatic carbocycles. The maximum atomic E-state index is 6.54. The third-order valence-electron chi connectivity index (χ3n) is 5.32. The van der Waals surface area contributed by atoms with Gasteiger partial charge in [-0.25, -0.2) is 19.9 Å². The van der Waals surface area contributed by atoms with Crippen molar-refractivity contribution in [2.45, 2.75) is 6.54 Å². The van der Waals surface area contributed by atoms with Crippen molar-refractivity contribution in [3.63, 3.8) is 0 Å². The predicted octanol–water partition coefficient (Wildman–Crippen LogP) is 4.37. The van der Waals surface area contributed by atoms with Gasteiger partial charge >= 0.3 is 0 Å². The van der Waals surface area contributed by atoms with Crippen molar-refractivity contribution < 1.29 is 9.47 Å². The Morgan fingerprint density at radius 2 is 1.63 bits per heavy atom. The lowest BCUT2D eigenvalue weighted by atomic mass is 10.1. The van der Waals surface area contributed by atoms with Crippen LogP contribution in [0.3, 0.4) is 0 Å². The van der Waals surface area contributed by atoms with Crippen molar-refractivity contribution in [2.75, 3.05) is 50.4 Å². The minimum atomic E-state index is -0.0187. The number of nitrogen functional groups attached to an aromatic ring is 2. The number of nitrogens with one attached hydrogen (secondary N) is 2. The summed E-state index contributed by atoms with van der Waals surface area (Å²) in [6.45, 7) is 0.761. The van der Waals surface area contributed by atoms with Gasteiger partial charge < -0.3 is 36.5 Å². The van der Waals surface area contributed by atoms with Crippen LogP contribution in [0.25, 0.3) is 11.3 Å². The average Bonchev–Trinajstić information content (AvgIpc) is 2.90. The smallest absolute Gasteiger partial charge is 0.222 e. The fraction of sp³-hybridized carbons (Fsp3) is 0.208. The maximum Gasteiger partial charge on any atom is 0.222 e. The number of aromatic nitrogens is 5. The van der Waals surface area contributed by atoms with E-state index in [4.69, 9.17) is 44.1 Å². The van der Waals surface area contributed by atoms with E-state index in [1.54, 1.807) is 12.3 Å². The lowest BCUT2D eigenvalue weighted by molar-refractivity contribution is 0.395. The number of methoxy groups -OCH3 is 2. The summed E-state index contributed by atoms with van der Waals surface area (Å²) in [7, 11) is 6.94. The van der Waals surface area contributed by atoms with E-state index in [0.717, 1.165) is 12.1 Å². The number of hydrogen-bond donors (Lipinski definition) is 4. The Bertz CT molecular complexity index is 1420. The average molecular weight is 557 g/mol. The molecule has 4 rings (SSSR count). The predicted molar refractivity (Wildman–Crippen MR) is 150 cm³/mol. The summed E-state index contributed by atoms with van der Waals surface area (Å²) < 4.78 is 10.7. The van der Waals surface area contributed by atoms with Crippen LogP contribution < -0.4 is 31.6 Å². The number of nitrogens with two attached hydrogens (primary N) is 2. The molecule has 3 heterocycles. The molecule has 1 aromatic carbocycles. The molecule has 0 fully saturated rings. The second-order valence-corrected chi connectivity index (χ2v) is 9.06. The van der Waals surface area contributed by atoms with Gasteiger partial charge in [0.25, 0.3) is 0 Å². The van der Waals surface area contributed by atoms with Crippen LogP contribution in [-0.4, -0.2) is 58.1 Å². The highest BCUT2D eigenvalue weighted by atomic mass is 35.5. The van der Waals surface area contributed by atoms with Crippen LogP contribution >= 0.6 is 23.2 Å². The third kappa shape index (κ3) is 5.72. The number of nitrogens with zero attached hydrogens (tertiary/aromatic N) is 6. The first-order valence-corrected chi connectivity index (χ1v) is 11.9. The highest BCUT2D eigenvalue weighted by molar-refractivity contribution is 6.41. The molecule has 38 heavy (non-hydrogen) atoms. The second-order valence-electron chi connectivity index (χ2n) is 8.30. The normalized spacial score (nSPS) is 10.9. The Morgan fingerprint density at radius 1 is 0.921 bits per heavy atom. The van der Waals surface area contributed by atoms with Gasteiger partial charge in [-0.15, -0.1) is 0 Å². The molecule has 0 unspecified atom stereocenters. The monoisotopic (exact) mass is 556 g/mol. The van der Waals surface area contributed by atoms with Gasteiger partial charge in [-0.2, -0.15) is 4.98 Å². The number of hydrogen-bond acceptors (Lipinski definition) is 12. The van der Waals surface area contributed by atoms with Gasteiger partial charge in [0.2, 0.25) is 5.95 Å². The Morgan fingerprint density at radius 3 is 2.24 bits per heavy atom. The summed E-state index contributed by atoms with van der Waals surface area (Å²) in [5.74, 6) is 1.80. The summed E-state index contributed by atoms with van der Waals surface area (Å²) in [4.78, 5) is 23.6. The molecule has 4 aromatic rings. The molecule has 0 atom stereocenters. The van der Waals surface area contributed by atoms with Crippen molar-refractivity contribution in [3.05, 3.63) is 52.5 Å². The molecule has 0 amide bonds. The second kappa shape index (κ2) is 11.5. The van der Waals surface area contributed by atoms with Crippen molar-refractivity contribution in [3.8, 4) is 22.8 Å². The van der Waals surface area contributed by atoms with Crippen molar-refractivity contribution in [2.24, 2.45) is 0 Å². The zero-order chi connectivity index (χ0) is 27.4. The lowest BCUT2D eigenvalue weighted by Crippen LogP contribution is -2.11. The molecule has 0 aliphatic rings. The molecule has 0 spiro atoms. The van der Waals surface area contributed by atoms with Crippen LogP contribution in [0, 0.1) is 0 Å². The summed E-state index contributed by atoms with van der Waals surface area (Å²) in [6.07, 6.45) is 4.65. The molecule has 3 aromatic heterocycles. The molecule has 6 N–H and O–H groups in total. The first-order chi connectivity index (χ1) is 18.2. The standard InChI is InChI=1S/C24H26Cl2N10O2/c1-36(2)10-12-5-6-16(30-8-12)32-23-19(27)20(34-24(28)35-23)13-9-29-11-31-22(13)33-21-17(25)14(37-3)7-15(38-4)18(21)26/h5-9,11H,10,27H2,1-4H3,(H,29,31,33)(H3,28,30,32,34,35).